The summed E-state index contributed by atoms with van der Waals surface area (Å²) in [7, 11) is 5.77. The van der Waals surface area contributed by atoms with E-state index in [1.165, 1.54) is 21.3 Å². The predicted molar refractivity (Wildman–Crippen MR) is 299 cm³/mol. The van der Waals surface area contributed by atoms with Crippen LogP contribution >= 0.6 is 0 Å². The Morgan fingerprint density at radius 3 is 1.06 bits per heavy atom. The molecule has 0 aliphatic carbocycles. The van der Waals surface area contributed by atoms with Crippen LogP contribution in [-0.2, 0) is 35.9 Å². The molecule has 0 saturated heterocycles. The Bertz CT molecular complexity index is 2670. The number of phenols is 7. The number of benzene rings is 4. The van der Waals surface area contributed by atoms with Crippen molar-refractivity contribution in [1.82, 2.24) is 0 Å². The van der Waals surface area contributed by atoms with Gasteiger partial charge in [-0.2, -0.15) is 0 Å². The second kappa shape index (κ2) is 27.9. The van der Waals surface area contributed by atoms with Gasteiger partial charge in [0.05, 0.1) is 65.0 Å². The lowest BCUT2D eigenvalue weighted by molar-refractivity contribution is 0.0491. The zero-order valence-electron chi connectivity index (χ0n) is 50.1. The molecule has 0 saturated carbocycles. The van der Waals surface area contributed by atoms with E-state index in [0.717, 1.165) is 16.9 Å². The Hall–Kier alpha value is -6.91. The van der Waals surface area contributed by atoms with Gasteiger partial charge in [-0.1, -0.05) is 104 Å². The van der Waals surface area contributed by atoms with Crippen molar-refractivity contribution in [3.8, 4) is 63.2 Å². The number of hydrogen-bond acceptors (Lipinski definition) is 17. The molecule has 7 N–H and O–H groups in total. The van der Waals surface area contributed by atoms with Gasteiger partial charge in [-0.05, 0) is 86.3 Å². The average molecular weight is 1080 g/mol. The number of phenolic OH excluding ortho intramolecular Hbond substituents is 7. The number of carbonyl (C=O) groups is 3. The Kier molecular flexibility index (Phi) is 24.7. The van der Waals surface area contributed by atoms with Crippen molar-refractivity contribution in [2.24, 2.45) is 0 Å². The molecule has 0 fully saturated rings. The number of ether oxygens (including phenoxy) is 7. The first-order valence-corrected chi connectivity index (χ1v) is 25.6. The molecule has 0 heterocycles. The molecule has 17 nitrogen and oxygen atoms in total. The maximum Gasteiger partial charge on any atom is 0.338 e. The van der Waals surface area contributed by atoms with Gasteiger partial charge in [0.1, 0.15) is 11.5 Å². The van der Waals surface area contributed by atoms with E-state index >= 15 is 0 Å². The number of methoxy groups -OCH3 is 4. The largest absolute Gasteiger partial charge is 0.508 e. The first-order valence-electron chi connectivity index (χ1n) is 25.6. The zero-order valence-corrected chi connectivity index (χ0v) is 50.1. The fraction of sp³-hybridized carbons (Fsp3) is 0.550. The average Bonchev–Trinajstić information content (AvgIpc) is 3.32. The van der Waals surface area contributed by atoms with E-state index in [-0.39, 0.29) is 80.5 Å². The molecular formula is C60H90O17. The van der Waals surface area contributed by atoms with Crippen LogP contribution in [0, 0.1) is 27.7 Å². The predicted octanol–water partition coefficient (Wildman–Crippen LogP) is 12.8. The summed E-state index contributed by atoms with van der Waals surface area (Å²) in [5, 5.41) is 70.8. The van der Waals surface area contributed by atoms with Crippen molar-refractivity contribution in [2.45, 2.75) is 172 Å². The molecule has 4 aromatic carbocycles. The van der Waals surface area contributed by atoms with Crippen LogP contribution in [0.5, 0.6) is 63.2 Å². The summed E-state index contributed by atoms with van der Waals surface area (Å²) < 4.78 is 36.2. The van der Waals surface area contributed by atoms with Crippen molar-refractivity contribution in [1.29, 1.82) is 0 Å². The Morgan fingerprint density at radius 1 is 0.377 bits per heavy atom. The van der Waals surface area contributed by atoms with Gasteiger partial charge in [0.25, 0.3) is 0 Å². The molecule has 0 unspecified atom stereocenters. The SMILES string of the molecule is CCCOC(=O)c1c(C)c(O)c(O)c(OC)c1C(C)(C)C.CCCOC(=O)c1c(C)c(O)c(OC)c(O)c1C(C)(C)C.CCCOC(=O)c1c(C)c(OC)c(O)c(O)c1C(C)(C)C.COc1ccc(O)c(C(C)(C)C)c1C. The van der Waals surface area contributed by atoms with E-state index in [4.69, 9.17) is 33.2 Å². The van der Waals surface area contributed by atoms with Gasteiger partial charge in [-0.3, -0.25) is 0 Å². The second-order valence-corrected chi connectivity index (χ2v) is 22.5. The molecular weight excluding hydrogens is 993 g/mol. The maximum absolute atomic E-state index is 12.4. The highest BCUT2D eigenvalue weighted by Gasteiger charge is 2.36. The molecule has 17 heteroatoms. The zero-order chi connectivity index (χ0) is 60.0. The number of esters is 3. The highest BCUT2D eigenvalue weighted by Crippen LogP contribution is 2.51. The van der Waals surface area contributed by atoms with Crippen molar-refractivity contribution < 1.29 is 83.3 Å². The van der Waals surface area contributed by atoms with E-state index < -0.39 is 34.2 Å². The summed E-state index contributed by atoms with van der Waals surface area (Å²) in [6, 6.07) is 3.48. The van der Waals surface area contributed by atoms with E-state index in [9.17, 15) is 50.1 Å². The van der Waals surface area contributed by atoms with Gasteiger partial charge < -0.3 is 68.9 Å². The molecule has 4 rings (SSSR count). The first kappa shape index (κ1) is 68.1. The van der Waals surface area contributed by atoms with Crippen molar-refractivity contribution in [3.05, 3.63) is 73.3 Å². The van der Waals surface area contributed by atoms with Crippen LogP contribution in [-0.4, -0.2) is 102 Å². The molecule has 4 aromatic rings. The number of aromatic hydroxyl groups is 7. The van der Waals surface area contributed by atoms with Crippen LogP contribution in [0.2, 0.25) is 0 Å². The number of carbonyl (C=O) groups excluding carboxylic acids is 3. The Morgan fingerprint density at radius 2 is 0.714 bits per heavy atom. The fourth-order valence-electron chi connectivity index (χ4n) is 8.70. The highest BCUT2D eigenvalue weighted by atomic mass is 16.5. The molecule has 0 spiro atoms. The topological polar surface area (TPSA) is 257 Å². The van der Waals surface area contributed by atoms with Gasteiger partial charge >= 0.3 is 17.9 Å². The number of hydrogen-bond donors (Lipinski definition) is 7. The molecule has 0 aliphatic rings. The molecule has 0 amide bonds. The van der Waals surface area contributed by atoms with Crippen LogP contribution in [0.1, 0.15) is 199 Å². The third-order valence-electron chi connectivity index (χ3n) is 12.1. The van der Waals surface area contributed by atoms with Gasteiger partial charge in [0, 0.05) is 38.9 Å². The summed E-state index contributed by atoms with van der Waals surface area (Å²) in [5.41, 5.74) is 3.47. The van der Waals surface area contributed by atoms with Crippen LogP contribution in [0.4, 0.5) is 0 Å². The molecule has 77 heavy (non-hydrogen) atoms. The minimum Gasteiger partial charge on any atom is -0.508 e. The molecule has 0 aromatic heterocycles. The van der Waals surface area contributed by atoms with E-state index in [1.807, 2.05) is 90.0 Å². The van der Waals surface area contributed by atoms with Crippen molar-refractivity contribution >= 4 is 17.9 Å². The van der Waals surface area contributed by atoms with Crippen molar-refractivity contribution in [3.63, 3.8) is 0 Å². The maximum atomic E-state index is 12.4. The summed E-state index contributed by atoms with van der Waals surface area (Å²) >= 11 is 0. The smallest absolute Gasteiger partial charge is 0.338 e. The lowest BCUT2D eigenvalue weighted by Gasteiger charge is -2.27. The highest BCUT2D eigenvalue weighted by molar-refractivity contribution is 5.97. The minimum absolute atomic E-state index is 0.0236. The Balaban J connectivity index is 0.000000519. The summed E-state index contributed by atoms with van der Waals surface area (Å²) in [4.78, 5) is 37.0. The van der Waals surface area contributed by atoms with Crippen LogP contribution in [0.25, 0.3) is 0 Å². The van der Waals surface area contributed by atoms with E-state index in [0.29, 0.717) is 71.6 Å². The third-order valence-corrected chi connectivity index (χ3v) is 12.1. The van der Waals surface area contributed by atoms with E-state index in [1.54, 1.807) is 40.0 Å². The van der Waals surface area contributed by atoms with Crippen LogP contribution < -0.4 is 18.9 Å². The monoisotopic (exact) mass is 1080 g/mol. The van der Waals surface area contributed by atoms with Crippen molar-refractivity contribution in [2.75, 3.05) is 48.3 Å². The first-order chi connectivity index (χ1) is 35.4. The van der Waals surface area contributed by atoms with Gasteiger partial charge in [0.2, 0.25) is 17.2 Å². The third kappa shape index (κ3) is 16.3. The normalized spacial score (nSPS) is 11.4. The fourth-order valence-corrected chi connectivity index (χ4v) is 8.70. The minimum atomic E-state index is -0.549. The summed E-state index contributed by atoms with van der Waals surface area (Å²) in [6.45, 7) is 36.5. The van der Waals surface area contributed by atoms with Crippen LogP contribution in [0.3, 0.4) is 0 Å². The second-order valence-electron chi connectivity index (χ2n) is 22.5. The summed E-state index contributed by atoms with van der Waals surface area (Å²) in [5.74, 6) is -2.13. The molecule has 0 aliphatic heterocycles. The lowest BCUT2D eigenvalue weighted by atomic mass is 9.80. The lowest BCUT2D eigenvalue weighted by Crippen LogP contribution is -2.21. The standard InChI is InChI=1S/3C16H24O5.C12H18O2/c1-7-8-21-15(19)10-9(2)14(20-6)13(18)12(17)11(10)16(3,4)5;1-7-8-21-15(19)10-9(2)12(17)13(18)14(20-6)11(10)16(3,4)5;1-7-8-21-15(19)10-9(2)12(17)14(20-6)13(18)11(10)16(3,4)5;1-8-10(14-5)7-6-9(13)11(8)12(2,3)4/h3*17-18H,7-8H2,1-6H3;6-7,13H,1-5H3. The Labute approximate surface area is 457 Å². The van der Waals surface area contributed by atoms with Gasteiger partial charge in [-0.15, -0.1) is 0 Å². The van der Waals surface area contributed by atoms with Gasteiger partial charge in [-0.25, -0.2) is 14.4 Å². The van der Waals surface area contributed by atoms with Gasteiger partial charge in [0.15, 0.2) is 34.5 Å². The molecule has 0 atom stereocenters. The molecule has 432 valence electrons. The molecule has 0 radical (unpaired) electrons. The quantitative estimate of drug-likeness (QED) is 0.0373. The molecule has 0 bridgehead atoms. The number of rotatable bonds is 13. The van der Waals surface area contributed by atoms with Crippen LogP contribution in [0.15, 0.2) is 12.1 Å². The summed E-state index contributed by atoms with van der Waals surface area (Å²) in [6.07, 6.45) is 2.11. The van der Waals surface area contributed by atoms with E-state index in [2.05, 4.69) is 20.8 Å².